The van der Waals surface area contributed by atoms with E-state index in [0.29, 0.717) is 23.3 Å². The molecule has 0 unspecified atom stereocenters. The Kier molecular flexibility index (Phi) is 6.11. The van der Waals surface area contributed by atoms with E-state index in [0.717, 1.165) is 63.9 Å². The van der Waals surface area contributed by atoms with Gasteiger partial charge in [-0.2, -0.15) is 18.3 Å². The van der Waals surface area contributed by atoms with Crippen molar-refractivity contribution in [2.24, 2.45) is 0 Å². The van der Waals surface area contributed by atoms with Gasteiger partial charge in [-0.05, 0) is 51.7 Å². The molecule has 2 aliphatic rings. The van der Waals surface area contributed by atoms with Crippen LogP contribution in [0.3, 0.4) is 0 Å². The third-order valence-corrected chi connectivity index (χ3v) is 6.00. The molecule has 0 aromatic carbocycles. The Bertz CT molecular complexity index is 841. The average Bonchev–Trinajstić information content (AvgIpc) is 3.28. The summed E-state index contributed by atoms with van der Waals surface area (Å²) >= 11 is 0. The van der Waals surface area contributed by atoms with Gasteiger partial charge in [-0.15, -0.1) is 0 Å². The van der Waals surface area contributed by atoms with Crippen molar-refractivity contribution < 1.29 is 17.9 Å². The second-order valence-electron chi connectivity index (χ2n) is 8.43. The highest BCUT2D eigenvalue weighted by molar-refractivity contribution is 5.53. The molecule has 0 radical (unpaired) electrons. The fourth-order valence-corrected chi connectivity index (χ4v) is 4.46. The summed E-state index contributed by atoms with van der Waals surface area (Å²) in [6.45, 7) is 7.75. The van der Waals surface area contributed by atoms with E-state index in [-0.39, 0.29) is 6.04 Å². The zero-order valence-corrected chi connectivity index (χ0v) is 17.4. The van der Waals surface area contributed by atoms with Crippen LogP contribution in [0.25, 0.3) is 11.4 Å². The normalized spacial score (nSPS) is 23.8. The van der Waals surface area contributed by atoms with Crippen LogP contribution >= 0.6 is 0 Å². The monoisotopic (exact) mass is 423 g/mol. The Balaban J connectivity index is 1.54. The van der Waals surface area contributed by atoms with E-state index in [1.54, 1.807) is 0 Å². The van der Waals surface area contributed by atoms with E-state index in [4.69, 9.17) is 9.72 Å². The Labute approximate surface area is 174 Å². The van der Waals surface area contributed by atoms with Gasteiger partial charge < -0.3 is 4.74 Å². The summed E-state index contributed by atoms with van der Waals surface area (Å²) < 4.78 is 45.9. The number of alkyl halides is 3. The number of ether oxygens (including phenoxy) is 1. The van der Waals surface area contributed by atoms with Crippen molar-refractivity contribution in [3.05, 3.63) is 29.8 Å². The standard InChI is InChI=1S/C21H28F3N5O/c1-14(2)29-20(15-4-6-17(12-15)28-8-3-10-30-11-9-28)26-19(27-29)16-5-7-18(25-13-16)21(22,23)24/h5,7,13-15,17H,3-4,6,8-12H2,1-2H3/t15-,17-/m0/s1. The molecule has 0 N–H and O–H groups in total. The van der Waals surface area contributed by atoms with Gasteiger partial charge in [-0.25, -0.2) is 9.67 Å². The van der Waals surface area contributed by atoms with Gasteiger partial charge in [0.05, 0.1) is 6.61 Å². The van der Waals surface area contributed by atoms with Crippen LogP contribution in [0.2, 0.25) is 0 Å². The summed E-state index contributed by atoms with van der Waals surface area (Å²) in [4.78, 5) is 10.8. The second kappa shape index (κ2) is 8.63. The van der Waals surface area contributed by atoms with Crippen molar-refractivity contribution in [2.45, 2.75) is 63.7 Å². The molecule has 2 atom stereocenters. The average molecular weight is 423 g/mol. The predicted molar refractivity (Wildman–Crippen MR) is 106 cm³/mol. The number of nitrogens with zero attached hydrogens (tertiary/aromatic N) is 5. The number of aromatic nitrogens is 4. The molecule has 0 bridgehead atoms. The van der Waals surface area contributed by atoms with E-state index >= 15 is 0 Å². The summed E-state index contributed by atoms with van der Waals surface area (Å²) in [5, 5.41) is 4.62. The molecule has 1 saturated heterocycles. The predicted octanol–water partition coefficient (Wildman–Crippen LogP) is 4.30. The molecule has 6 nitrogen and oxygen atoms in total. The van der Waals surface area contributed by atoms with Gasteiger partial charge in [0, 0.05) is 49.5 Å². The van der Waals surface area contributed by atoms with Crippen LogP contribution in [0, 0.1) is 0 Å². The van der Waals surface area contributed by atoms with Crippen molar-refractivity contribution in [3.63, 3.8) is 0 Å². The third-order valence-electron chi connectivity index (χ3n) is 6.00. The summed E-state index contributed by atoms with van der Waals surface area (Å²) in [6, 6.07) is 3.02. The largest absolute Gasteiger partial charge is 0.433 e. The van der Waals surface area contributed by atoms with Gasteiger partial charge in [-0.3, -0.25) is 9.88 Å². The molecule has 0 spiro atoms. The number of hydrogen-bond acceptors (Lipinski definition) is 5. The van der Waals surface area contributed by atoms with Gasteiger partial charge in [-0.1, -0.05) is 0 Å². The minimum Gasteiger partial charge on any atom is -0.380 e. The van der Waals surface area contributed by atoms with Crippen LogP contribution < -0.4 is 0 Å². The summed E-state index contributed by atoms with van der Waals surface area (Å²) in [6.07, 6.45) is 1.00. The molecule has 30 heavy (non-hydrogen) atoms. The maximum absolute atomic E-state index is 12.8. The first-order chi connectivity index (χ1) is 14.3. The van der Waals surface area contributed by atoms with Crippen LogP contribution in [0.1, 0.15) is 63.0 Å². The second-order valence-corrected chi connectivity index (χ2v) is 8.43. The molecular formula is C21H28F3N5O. The fraction of sp³-hybridized carbons (Fsp3) is 0.667. The third kappa shape index (κ3) is 4.51. The summed E-state index contributed by atoms with van der Waals surface area (Å²) in [5.41, 5.74) is -0.405. The first-order valence-corrected chi connectivity index (χ1v) is 10.6. The molecule has 2 aromatic heterocycles. The van der Waals surface area contributed by atoms with Gasteiger partial charge in [0.15, 0.2) is 5.82 Å². The zero-order chi connectivity index (χ0) is 21.3. The van der Waals surface area contributed by atoms with Crippen molar-refractivity contribution in [2.75, 3.05) is 26.3 Å². The van der Waals surface area contributed by atoms with E-state index < -0.39 is 11.9 Å². The van der Waals surface area contributed by atoms with Gasteiger partial charge in [0.25, 0.3) is 0 Å². The lowest BCUT2D eigenvalue weighted by atomic mass is 10.1. The first-order valence-electron chi connectivity index (χ1n) is 10.6. The lowest BCUT2D eigenvalue weighted by molar-refractivity contribution is -0.141. The van der Waals surface area contributed by atoms with Crippen molar-refractivity contribution in [1.82, 2.24) is 24.6 Å². The maximum atomic E-state index is 12.8. The minimum absolute atomic E-state index is 0.120. The first kappa shape index (κ1) is 21.2. The maximum Gasteiger partial charge on any atom is 0.433 e. The smallest absolute Gasteiger partial charge is 0.380 e. The molecule has 2 aromatic rings. The van der Waals surface area contributed by atoms with Crippen LogP contribution in [0.5, 0.6) is 0 Å². The Morgan fingerprint density at radius 1 is 1.13 bits per heavy atom. The molecule has 1 aliphatic heterocycles. The highest BCUT2D eigenvalue weighted by Crippen LogP contribution is 2.38. The lowest BCUT2D eigenvalue weighted by Gasteiger charge is -2.26. The molecular weight excluding hydrogens is 395 g/mol. The van der Waals surface area contributed by atoms with Crippen LogP contribution in [0.15, 0.2) is 18.3 Å². The Morgan fingerprint density at radius 2 is 1.97 bits per heavy atom. The highest BCUT2D eigenvalue weighted by Gasteiger charge is 2.35. The molecule has 4 rings (SSSR count). The van der Waals surface area contributed by atoms with Gasteiger partial charge >= 0.3 is 6.18 Å². The summed E-state index contributed by atoms with van der Waals surface area (Å²) in [5.74, 6) is 1.66. The van der Waals surface area contributed by atoms with Crippen molar-refractivity contribution in [1.29, 1.82) is 0 Å². The van der Waals surface area contributed by atoms with Crippen molar-refractivity contribution >= 4 is 0 Å². The number of rotatable bonds is 4. The van der Waals surface area contributed by atoms with E-state index in [2.05, 4.69) is 15.0 Å². The molecule has 164 valence electrons. The molecule has 3 heterocycles. The topological polar surface area (TPSA) is 56.1 Å². The van der Waals surface area contributed by atoms with Crippen LogP contribution in [0.4, 0.5) is 13.2 Å². The molecule has 1 saturated carbocycles. The number of hydrogen-bond donors (Lipinski definition) is 0. The molecule has 9 heteroatoms. The molecule has 0 amide bonds. The minimum atomic E-state index is -4.45. The van der Waals surface area contributed by atoms with Gasteiger partial charge in [0.1, 0.15) is 11.5 Å². The van der Waals surface area contributed by atoms with Crippen LogP contribution in [-0.4, -0.2) is 57.0 Å². The van der Waals surface area contributed by atoms with E-state index in [9.17, 15) is 13.2 Å². The SMILES string of the molecule is CC(C)n1nc(-c2ccc(C(F)(F)F)nc2)nc1[C@H]1CC[C@H](N2CCCOCC2)C1. The molecule has 2 fully saturated rings. The summed E-state index contributed by atoms with van der Waals surface area (Å²) in [7, 11) is 0. The van der Waals surface area contributed by atoms with E-state index in [1.165, 1.54) is 12.3 Å². The van der Waals surface area contributed by atoms with E-state index in [1.807, 2.05) is 18.5 Å². The van der Waals surface area contributed by atoms with Crippen molar-refractivity contribution in [3.8, 4) is 11.4 Å². The number of halogens is 3. The van der Waals surface area contributed by atoms with Crippen LogP contribution in [-0.2, 0) is 10.9 Å². The lowest BCUT2D eigenvalue weighted by Crippen LogP contribution is -2.35. The number of pyridine rings is 1. The Morgan fingerprint density at radius 3 is 2.67 bits per heavy atom. The Hall–Kier alpha value is -2.00. The highest BCUT2D eigenvalue weighted by atomic mass is 19.4. The fourth-order valence-electron chi connectivity index (χ4n) is 4.46. The quantitative estimate of drug-likeness (QED) is 0.734. The molecule has 1 aliphatic carbocycles. The van der Waals surface area contributed by atoms with Gasteiger partial charge in [0.2, 0.25) is 0 Å². The zero-order valence-electron chi connectivity index (χ0n) is 17.4.